The van der Waals surface area contributed by atoms with Crippen LogP contribution in [0.3, 0.4) is 0 Å². The second kappa shape index (κ2) is 8.65. The van der Waals surface area contributed by atoms with E-state index in [0.717, 1.165) is 21.6 Å². The second-order valence-corrected chi connectivity index (χ2v) is 8.53. The van der Waals surface area contributed by atoms with Crippen LogP contribution in [0.4, 0.5) is 5.69 Å². The van der Waals surface area contributed by atoms with Crippen LogP contribution >= 0.6 is 27.3 Å². The Balaban J connectivity index is 1.84. The van der Waals surface area contributed by atoms with Gasteiger partial charge < -0.3 is 9.80 Å². The first-order valence-electron chi connectivity index (χ1n) is 7.77. The maximum Gasteiger partial charge on any atom is 0.236 e. The Morgan fingerprint density at radius 3 is 2.25 bits per heavy atom. The molecule has 130 valence electrons. The van der Waals surface area contributed by atoms with Crippen molar-refractivity contribution in [2.24, 2.45) is 0 Å². The van der Waals surface area contributed by atoms with E-state index in [1.165, 1.54) is 5.56 Å². The zero-order valence-electron chi connectivity index (χ0n) is 14.6. The summed E-state index contributed by atoms with van der Waals surface area (Å²) in [5, 5.41) is 2.11. The summed E-state index contributed by atoms with van der Waals surface area (Å²) < 4.78 is 1.12. The van der Waals surface area contributed by atoms with Gasteiger partial charge in [0.25, 0.3) is 0 Å². The summed E-state index contributed by atoms with van der Waals surface area (Å²) in [6.45, 7) is 1.82. The molecule has 6 heteroatoms. The van der Waals surface area contributed by atoms with Gasteiger partial charge in [0.05, 0.1) is 10.3 Å². The van der Waals surface area contributed by atoms with Gasteiger partial charge in [0.2, 0.25) is 5.91 Å². The summed E-state index contributed by atoms with van der Waals surface area (Å²) in [5.74, 6) is 0.128. The molecule has 0 saturated carbocycles. The quantitative estimate of drug-likeness (QED) is 0.697. The molecule has 1 heterocycles. The minimum Gasteiger partial charge on any atom is -0.378 e. The second-order valence-electron chi connectivity index (χ2n) is 6.24. The number of thiophene rings is 1. The summed E-state index contributed by atoms with van der Waals surface area (Å²) in [7, 11) is 7.87. The van der Waals surface area contributed by atoms with Crippen molar-refractivity contribution in [3.63, 3.8) is 0 Å². The van der Waals surface area contributed by atoms with Gasteiger partial charge in [0, 0.05) is 39.9 Å². The van der Waals surface area contributed by atoms with Crippen molar-refractivity contribution < 1.29 is 4.79 Å². The fraction of sp³-hybridized carbons (Fsp3) is 0.389. The van der Waals surface area contributed by atoms with E-state index in [2.05, 4.69) is 56.5 Å². The van der Waals surface area contributed by atoms with Crippen LogP contribution in [0.5, 0.6) is 0 Å². The molecule has 1 amide bonds. The Labute approximate surface area is 156 Å². The molecule has 1 aromatic heterocycles. The molecule has 0 aliphatic rings. The third kappa shape index (κ3) is 5.61. The van der Waals surface area contributed by atoms with Crippen LogP contribution in [-0.2, 0) is 17.9 Å². The summed E-state index contributed by atoms with van der Waals surface area (Å²) in [6.07, 6.45) is 0. The highest BCUT2D eigenvalue weighted by Gasteiger charge is 2.13. The van der Waals surface area contributed by atoms with Crippen molar-refractivity contribution >= 4 is 38.9 Å². The molecule has 0 aliphatic heterocycles. The van der Waals surface area contributed by atoms with Gasteiger partial charge in [-0.25, -0.2) is 0 Å². The largest absolute Gasteiger partial charge is 0.378 e. The molecule has 0 atom stereocenters. The van der Waals surface area contributed by atoms with E-state index in [1.54, 1.807) is 16.2 Å². The lowest BCUT2D eigenvalue weighted by atomic mass is 10.2. The molecule has 4 nitrogen and oxygen atoms in total. The highest BCUT2D eigenvalue weighted by Crippen LogP contribution is 2.21. The topological polar surface area (TPSA) is 26.8 Å². The van der Waals surface area contributed by atoms with Crippen molar-refractivity contribution in [1.82, 2.24) is 9.80 Å². The lowest BCUT2D eigenvalue weighted by Gasteiger charge is -2.22. The Hall–Kier alpha value is -1.37. The Bertz CT molecular complexity index is 669. The minimum atomic E-state index is 0.128. The summed E-state index contributed by atoms with van der Waals surface area (Å²) in [5.41, 5.74) is 3.53. The van der Waals surface area contributed by atoms with Crippen molar-refractivity contribution in [2.45, 2.75) is 13.1 Å². The van der Waals surface area contributed by atoms with E-state index in [1.807, 2.05) is 33.1 Å². The molecule has 0 N–H and O–H groups in total. The molecule has 0 aliphatic carbocycles. The number of rotatable bonds is 7. The van der Waals surface area contributed by atoms with Gasteiger partial charge in [0.15, 0.2) is 0 Å². The van der Waals surface area contributed by atoms with Gasteiger partial charge in [-0.05, 0) is 57.7 Å². The standard InChI is InChI=1S/C18H24BrN3OS/c1-20(2)16-7-5-14(6-8-16)11-22(4)18(23)12-21(3)10-15-9-17(19)24-13-15/h5-9,13H,10-12H2,1-4H3. The maximum absolute atomic E-state index is 12.4. The summed E-state index contributed by atoms with van der Waals surface area (Å²) in [4.78, 5) is 18.3. The van der Waals surface area contributed by atoms with Crippen molar-refractivity contribution in [1.29, 1.82) is 0 Å². The fourth-order valence-corrected chi connectivity index (χ4v) is 3.61. The van der Waals surface area contributed by atoms with E-state index in [-0.39, 0.29) is 5.91 Å². The number of carbonyl (C=O) groups excluding carboxylic acids is 1. The molecule has 0 bridgehead atoms. The van der Waals surface area contributed by atoms with Crippen molar-refractivity contribution in [3.8, 4) is 0 Å². The molecule has 0 fully saturated rings. The fourth-order valence-electron chi connectivity index (χ4n) is 2.41. The number of nitrogens with zero attached hydrogens (tertiary/aromatic N) is 3. The van der Waals surface area contributed by atoms with E-state index < -0.39 is 0 Å². The average molecular weight is 410 g/mol. The number of amides is 1. The number of hydrogen-bond donors (Lipinski definition) is 0. The van der Waals surface area contributed by atoms with Crippen LogP contribution < -0.4 is 4.90 Å². The van der Waals surface area contributed by atoms with Crippen LogP contribution in [0.15, 0.2) is 39.5 Å². The smallest absolute Gasteiger partial charge is 0.236 e. The molecule has 0 unspecified atom stereocenters. The van der Waals surface area contributed by atoms with E-state index in [0.29, 0.717) is 13.1 Å². The number of halogens is 1. The molecular weight excluding hydrogens is 386 g/mol. The third-order valence-corrected chi connectivity index (χ3v) is 5.33. The predicted molar refractivity (Wildman–Crippen MR) is 106 cm³/mol. The van der Waals surface area contributed by atoms with Crippen LogP contribution in [0.25, 0.3) is 0 Å². The molecule has 2 aromatic rings. The summed E-state index contributed by atoms with van der Waals surface area (Å²) in [6, 6.07) is 10.4. The Kier molecular flexibility index (Phi) is 6.83. The SMILES string of the molecule is CN(CC(=O)N(C)Cc1ccc(N(C)C)cc1)Cc1csc(Br)c1. The first kappa shape index (κ1) is 19.0. The third-order valence-electron chi connectivity index (χ3n) is 3.78. The van der Waals surface area contributed by atoms with Crippen LogP contribution in [0, 0.1) is 0 Å². The first-order valence-corrected chi connectivity index (χ1v) is 9.44. The zero-order valence-corrected chi connectivity index (χ0v) is 17.0. The van der Waals surface area contributed by atoms with Crippen LogP contribution in [0.2, 0.25) is 0 Å². The predicted octanol–water partition coefficient (Wildman–Crippen LogP) is 3.67. The normalized spacial score (nSPS) is 10.9. The van der Waals surface area contributed by atoms with E-state index in [9.17, 15) is 4.79 Å². The molecule has 24 heavy (non-hydrogen) atoms. The Morgan fingerprint density at radius 2 is 1.71 bits per heavy atom. The number of likely N-dealkylation sites (N-methyl/N-ethyl adjacent to an activating group) is 2. The van der Waals surface area contributed by atoms with Gasteiger partial charge in [-0.1, -0.05) is 12.1 Å². The van der Waals surface area contributed by atoms with Crippen LogP contribution in [-0.4, -0.2) is 50.4 Å². The number of carbonyl (C=O) groups is 1. The Morgan fingerprint density at radius 1 is 1.04 bits per heavy atom. The van der Waals surface area contributed by atoms with Gasteiger partial charge >= 0.3 is 0 Å². The number of anilines is 1. The molecule has 1 aromatic carbocycles. The molecular formula is C18H24BrN3OS. The van der Waals surface area contributed by atoms with E-state index in [4.69, 9.17) is 0 Å². The van der Waals surface area contributed by atoms with Crippen molar-refractivity contribution in [2.75, 3.05) is 39.6 Å². The van der Waals surface area contributed by atoms with Crippen molar-refractivity contribution in [3.05, 3.63) is 50.6 Å². The molecule has 2 rings (SSSR count). The lowest BCUT2D eigenvalue weighted by molar-refractivity contribution is -0.131. The van der Waals surface area contributed by atoms with Gasteiger partial charge in [-0.3, -0.25) is 9.69 Å². The zero-order chi connectivity index (χ0) is 17.7. The molecule has 0 radical (unpaired) electrons. The maximum atomic E-state index is 12.4. The first-order chi connectivity index (χ1) is 11.3. The molecule has 0 saturated heterocycles. The van der Waals surface area contributed by atoms with Gasteiger partial charge in [-0.15, -0.1) is 11.3 Å². The van der Waals surface area contributed by atoms with Gasteiger partial charge in [-0.2, -0.15) is 0 Å². The highest BCUT2D eigenvalue weighted by molar-refractivity contribution is 9.11. The number of hydrogen-bond acceptors (Lipinski definition) is 4. The minimum absolute atomic E-state index is 0.128. The lowest BCUT2D eigenvalue weighted by Crippen LogP contribution is -2.35. The summed E-state index contributed by atoms with van der Waals surface area (Å²) >= 11 is 5.14. The van der Waals surface area contributed by atoms with Crippen LogP contribution in [0.1, 0.15) is 11.1 Å². The van der Waals surface area contributed by atoms with E-state index >= 15 is 0 Å². The van der Waals surface area contributed by atoms with Gasteiger partial charge in [0.1, 0.15) is 0 Å². The number of benzene rings is 1. The molecule has 0 spiro atoms. The highest BCUT2D eigenvalue weighted by atomic mass is 79.9. The monoisotopic (exact) mass is 409 g/mol. The average Bonchev–Trinajstić information content (AvgIpc) is 2.92.